The summed E-state index contributed by atoms with van der Waals surface area (Å²) in [6.07, 6.45) is 0.960. The van der Waals surface area contributed by atoms with Crippen LogP contribution in [0.4, 0.5) is 13.6 Å². The Bertz CT molecular complexity index is 730. The van der Waals surface area contributed by atoms with E-state index in [0.717, 1.165) is 24.5 Å². The molecular weight excluding hydrogens is 318 g/mol. The number of urea groups is 1. The first-order valence-electron chi connectivity index (χ1n) is 6.32. The zero-order valence-electron chi connectivity index (χ0n) is 11.9. The molecule has 9 heteroatoms. The largest absolute Gasteiger partial charge is 0.325 e. The molecule has 1 atom stereocenters. The van der Waals surface area contributed by atoms with Gasteiger partial charge in [0.05, 0.1) is 11.3 Å². The third-order valence-corrected chi connectivity index (χ3v) is 4.35. The van der Waals surface area contributed by atoms with E-state index in [-0.39, 0.29) is 6.54 Å². The van der Waals surface area contributed by atoms with Gasteiger partial charge in [0.15, 0.2) is 0 Å². The fraction of sp³-hybridized carbons (Fsp3) is 0.385. The molecule has 1 aromatic carbocycles. The predicted octanol–water partition coefficient (Wildman–Crippen LogP) is 0.776. The summed E-state index contributed by atoms with van der Waals surface area (Å²) in [5, 5.41) is 2.23. The van der Waals surface area contributed by atoms with Gasteiger partial charge in [0.1, 0.15) is 27.0 Å². The fourth-order valence-electron chi connectivity index (χ4n) is 2.30. The third kappa shape index (κ3) is 2.80. The van der Waals surface area contributed by atoms with Crippen LogP contribution in [0.5, 0.6) is 0 Å². The van der Waals surface area contributed by atoms with E-state index in [0.29, 0.717) is 4.90 Å². The summed E-state index contributed by atoms with van der Waals surface area (Å²) in [5.41, 5.74) is -2.49. The highest BCUT2D eigenvalue weighted by atomic mass is 32.2. The molecule has 0 saturated carbocycles. The van der Waals surface area contributed by atoms with Crippen LogP contribution in [0.25, 0.3) is 0 Å². The molecule has 0 spiro atoms. The molecule has 1 saturated heterocycles. The maximum Gasteiger partial charge on any atom is 0.325 e. The van der Waals surface area contributed by atoms with Gasteiger partial charge in [-0.05, 0) is 19.1 Å². The lowest BCUT2D eigenvalue weighted by molar-refractivity contribution is -0.131. The van der Waals surface area contributed by atoms with E-state index in [4.69, 9.17) is 0 Å². The number of halogens is 2. The summed E-state index contributed by atoms with van der Waals surface area (Å²) in [7, 11) is -3.40. The Morgan fingerprint density at radius 1 is 1.23 bits per heavy atom. The molecule has 0 bridgehead atoms. The normalized spacial score (nSPS) is 22.1. The van der Waals surface area contributed by atoms with Gasteiger partial charge in [0, 0.05) is 12.8 Å². The summed E-state index contributed by atoms with van der Waals surface area (Å²) in [6.45, 7) is 0.796. The highest BCUT2D eigenvalue weighted by molar-refractivity contribution is 7.90. The molecule has 1 N–H and O–H groups in total. The number of carbonyl (C=O) groups is 2. The summed E-state index contributed by atoms with van der Waals surface area (Å²) in [5.74, 6) is -3.27. The van der Waals surface area contributed by atoms with E-state index in [1.807, 2.05) is 0 Å². The van der Waals surface area contributed by atoms with Gasteiger partial charge >= 0.3 is 6.03 Å². The summed E-state index contributed by atoms with van der Waals surface area (Å²) in [6, 6.07) is 2.20. The molecular formula is C13H14F2N2O4S. The van der Waals surface area contributed by atoms with Crippen molar-refractivity contribution < 1.29 is 26.8 Å². The molecule has 1 aliphatic heterocycles. The lowest BCUT2D eigenvalue weighted by Crippen LogP contribution is -2.43. The standard InChI is InChI=1S/C13H14F2N2O4S/c1-13(10-8(14)4-3-5-9(10)15)11(18)17(12(19)16-13)6-7-22(2,20)21/h3-5H,6-7H2,1-2H3,(H,16,19). The molecule has 1 aliphatic rings. The molecule has 6 nitrogen and oxygen atoms in total. The molecule has 22 heavy (non-hydrogen) atoms. The van der Waals surface area contributed by atoms with Gasteiger partial charge in [-0.2, -0.15) is 0 Å². The lowest BCUT2D eigenvalue weighted by atomic mass is 9.91. The van der Waals surface area contributed by atoms with Gasteiger partial charge in [-0.15, -0.1) is 0 Å². The number of imide groups is 1. The van der Waals surface area contributed by atoms with E-state index in [1.165, 1.54) is 6.92 Å². The van der Waals surface area contributed by atoms with Gasteiger partial charge in [-0.1, -0.05) is 6.07 Å². The molecule has 1 aromatic rings. The van der Waals surface area contributed by atoms with Crippen molar-refractivity contribution in [2.45, 2.75) is 12.5 Å². The molecule has 1 unspecified atom stereocenters. The highest BCUT2D eigenvalue weighted by Gasteiger charge is 2.51. The SMILES string of the molecule is CC1(c2c(F)cccc2F)NC(=O)N(CCS(C)(=O)=O)C1=O. The van der Waals surface area contributed by atoms with Crippen molar-refractivity contribution in [3.05, 3.63) is 35.4 Å². The minimum atomic E-state index is -3.40. The Kier molecular flexibility index (Phi) is 3.94. The molecule has 3 amide bonds. The highest BCUT2D eigenvalue weighted by Crippen LogP contribution is 2.32. The van der Waals surface area contributed by atoms with Crippen LogP contribution in [0, 0.1) is 11.6 Å². The van der Waals surface area contributed by atoms with Gasteiger partial charge in [-0.25, -0.2) is 22.0 Å². The van der Waals surface area contributed by atoms with Crippen LogP contribution in [0.2, 0.25) is 0 Å². The van der Waals surface area contributed by atoms with Crippen LogP contribution >= 0.6 is 0 Å². The number of nitrogens with one attached hydrogen (secondary N) is 1. The first kappa shape index (κ1) is 16.3. The number of carbonyl (C=O) groups excluding carboxylic acids is 2. The zero-order valence-corrected chi connectivity index (χ0v) is 12.7. The second-order valence-electron chi connectivity index (χ2n) is 5.24. The predicted molar refractivity (Wildman–Crippen MR) is 73.7 cm³/mol. The Morgan fingerprint density at radius 2 is 1.77 bits per heavy atom. The summed E-state index contributed by atoms with van der Waals surface area (Å²) >= 11 is 0. The van der Waals surface area contributed by atoms with E-state index < -0.39 is 50.3 Å². The van der Waals surface area contributed by atoms with E-state index in [9.17, 15) is 26.8 Å². The van der Waals surface area contributed by atoms with Gasteiger partial charge in [0.25, 0.3) is 5.91 Å². The average molecular weight is 332 g/mol. The summed E-state index contributed by atoms with van der Waals surface area (Å²) < 4.78 is 50.1. The molecule has 0 aromatic heterocycles. The van der Waals surface area contributed by atoms with Crippen molar-refractivity contribution in [2.75, 3.05) is 18.6 Å². The number of hydrogen-bond donors (Lipinski definition) is 1. The number of sulfone groups is 1. The van der Waals surface area contributed by atoms with E-state index in [2.05, 4.69) is 5.32 Å². The van der Waals surface area contributed by atoms with Crippen molar-refractivity contribution in [3.63, 3.8) is 0 Å². The Balaban J connectivity index is 2.38. The van der Waals surface area contributed by atoms with Gasteiger partial charge in [-0.3, -0.25) is 9.69 Å². The van der Waals surface area contributed by atoms with Crippen LogP contribution in [0.1, 0.15) is 12.5 Å². The van der Waals surface area contributed by atoms with Crippen molar-refractivity contribution in [3.8, 4) is 0 Å². The minimum absolute atomic E-state index is 0.380. The van der Waals surface area contributed by atoms with Gasteiger partial charge in [0.2, 0.25) is 0 Å². The topological polar surface area (TPSA) is 83.6 Å². The first-order chi connectivity index (χ1) is 10.1. The third-order valence-electron chi connectivity index (χ3n) is 3.42. The first-order valence-corrected chi connectivity index (χ1v) is 8.38. The average Bonchev–Trinajstić information content (AvgIpc) is 2.57. The number of benzene rings is 1. The molecule has 2 rings (SSSR count). The Labute approximate surface area is 126 Å². The second-order valence-corrected chi connectivity index (χ2v) is 7.50. The van der Waals surface area contributed by atoms with E-state index >= 15 is 0 Å². The number of hydrogen-bond acceptors (Lipinski definition) is 4. The molecule has 1 fully saturated rings. The van der Waals surface area contributed by atoms with Crippen LogP contribution in [-0.2, 0) is 20.2 Å². The number of amides is 3. The van der Waals surface area contributed by atoms with Crippen molar-refractivity contribution in [1.29, 1.82) is 0 Å². The molecule has 120 valence electrons. The van der Waals surface area contributed by atoms with Crippen molar-refractivity contribution in [2.24, 2.45) is 0 Å². The quantitative estimate of drug-likeness (QED) is 0.826. The van der Waals surface area contributed by atoms with Crippen LogP contribution < -0.4 is 5.32 Å². The molecule has 0 radical (unpaired) electrons. The maximum atomic E-state index is 13.9. The Morgan fingerprint density at radius 3 is 2.27 bits per heavy atom. The van der Waals surface area contributed by atoms with Crippen LogP contribution in [0.3, 0.4) is 0 Å². The second kappa shape index (κ2) is 5.31. The van der Waals surface area contributed by atoms with Gasteiger partial charge < -0.3 is 5.32 Å². The van der Waals surface area contributed by atoms with Crippen LogP contribution in [0.15, 0.2) is 18.2 Å². The summed E-state index contributed by atoms with van der Waals surface area (Å²) in [4.78, 5) is 24.9. The lowest BCUT2D eigenvalue weighted by Gasteiger charge is -2.23. The monoisotopic (exact) mass is 332 g/mol. The van der Waals surface area contributed by atoms with Crippen molar-refractivity contribution in [1.82, 2.24) is 10.2 Å². The fourth-order valence-corrected chi connectivity index (χ4v) is 2.82. The molecule has 1 heterocycles. The smallest absolute Gasteiger partial charge is 0.319 e. The number of rotatable bonds is 4. The minimum Gasteiger partial charge on any atom is -0.319 e. The van der Waals surface area contributed by atoms with Crippen LogP contribution in [-0.4, -0.2) is 43.8 Å². The zero-order chi connectivity index (χ0) is 16.7. The Hall–Kier alpha value is -2.03. The van der Waals surface area contributed by atoms with E-state index in [1.54, 1.807) is 0 Å². The van der Waals surface area contributed by atoms with Crippen molar-refractivity contribution >= 4 is 21.8 Å². The number of nitrogens with zero attached hydrogens (tertiary/aromatic N) is 1. The molecule has 0 aliphatic carbocycles. The maximum absolute atomic E-state index is 13.9.